The minimum absolute atomic E-state index is 0.289. The molecule has 0 aliphatic carbocycles. The molecule has 5 aromatic carbocycles. The molecule has 0 aliphatic rings. The maximum Gasteiger partial charge on any atom is 0.338 e. The van der Waals surface area contributed by atoms with Crippen molar-refractivity contribution in [2.75, 3.05) is 0 Å². The van der Waals surface area contributed by atoms with Crippen LogP contribution in [0.15, 0.2) is 91.0 Å². The normalized spacial score (nSPS) is 13.3. The summed E-state index contributed by atoms with van der Waals surface area (Å²) in [5.74, 6) is 0.198. The Bertz CT molecular complexity index is 1460. The van der Waals surface area contributed by atoms with Crippen LogP contribution in [0.2, 0.25) is 0 Å². The molecule has 0 fully saturated rings. The van der Waals surface area contributed by atoms with Crippen LogP contribution in [0, 0.1) is 0 Å². The van der Waals surface area contributed by atoms with Crippen LogP contribution in [0.25, 0.3) is 32.3 Å². The molecule has 0 saturated heterocycles. The van der Waals surface area contributed by atoms with Gasteiger partial charge in [0.1, 0.15) is 6.10 Å². The first-order chi connectivity index (χ1) is 16.0. The van der Waals surface area contributed by atoms with E-state index in [1.807, 2.05) is 31.2 Å². The van der Waals surface area contributed by atoms with Crippen LogP contribution in [0.3, 0.4) is 0 Å². The Morgan fingerprint density at radius 3 is 2.03 bits per heavy atom. The van der Waals surface area contributed by atoms with Gasteiger partial charge in [0.15, 0.2) is 0 Å². The molecule has 0 bridgehead atoms. The summed E-state index contributed by atoms with van der Waals surface area (Å²) >= 11 is 0. The molecule has 0 heterocycles. The molecule has 164 valence electrons. The first kappa shape index (κ1) is 21.2. The van der Waals surface area contributed by atoms with Crippen LogP contribution in [-0.2, 0) is 4.74 Å². The van der Waals surface area contributed by atoms with Crippen LogP contribution in [0.5, 0.6) is 0 Å². The molecule has 0 amide bonds. The van der Waals surface area contributed by atoms with Gasteiger partial charge in [-0.25, -0.2) is 4.79 Å². The van der Waals surface area contributed by atoms with E-state index < -0.39 is 0 Å². The van der Waals surface area contributed by atoms with E-state index >= 15 is 0 Å². The molecule has 0 saturated carbocycles. The highest BCUT2D eigenvalue weighted by Gasteiger charge is 2.15. The predicted molar refractivity (Wildman–Crippen MR) is 138 cm³/mol. The van der Waals surface area contributed by atoms with E-state index in [9.17, 15) is 4.79 Å². The third kappa shape index (κ3) is 3.98. The molecule has 5 rings (SSSR count). The van der Waals surface area contributed by atoms with Crippen molar-refractivity contribution in [3.05, 3.63) is 108 Å². The number of carbonyl (C=O) groups excluding carboxylic acids is 1. The monoisotopic (exact) mass is 432 g/mol. The van der Waals surface area contributed by atoms with E-state index in [1.54, 1.807) is 0 Å². The average molecular weight is 433 g/mol. The Hall–Kier alpha value is -3.65. The van der Waals surface area contributed by atoms with Crippen molar-refractivity contribution in [2.45, 2.75) is 39.2 Å². The molecule has 2 unspecified atom stereocenters. The first-order valence-electron chi connectivity index (χ1n) is 11.7. The molecule has 2 atom stereocenters. The summed E-state index contributed by atoms with van der Waals surface area (Å²) in [5, 5.41) is 7.37. The second kappa shape index (κ2) is 8.71. The lowest BCUT2D eigenvalue weighted by atomic mass is 9.95. The van der Waals surface area contributed by atoms with E-state index in [-0.39, 0.29) is 12.1 Å². The number of esters is 1. The van der Waals surface area contributed by atoms with E-state index in [0.717, 1.165) is 17.4 Å². The van der Waals surface area contributed by atoms with Gasteiger partial charge < -0.3 is 4.74 Å². The van der Waals surface area contributed by atoms with Crippen molar-refractivity contribution in [1.82, 2.24) is 0 Å². The van der Waals surface area contributed by atoms with Crippen molar-refractivity contribution < 1.29 is 9.53 Å². The summed E-state index contributed by atoms with van der Waals surface area (Å²) < 4.78 is 5.80. The van der Waals surface area contributed by atoms with Crippen molar-refractivity contribution in [2.24, 2.45) is 0 Å². The van der Waals surface area contributed by atoms with Crippen LogP contribution >= 0.6 is 0 Å². The molecule has 0 aliphatic heterocycles. The Morgan fingerprint density at radius 1 is 0.697 bits per heavy atom. The van der Waals surface area contributed by atoms with E-state index in [1.165, 1.54) is 32.5 Å². The van der Waals surface area contributed by atoms with Crippen molar-refractivity contribution in [3.63, 3.8) is 0 Å². The van der Waals surface area contributed by atoms with Crippen molar-refractivity contribution >= 4 is 38.3 Å². The summed E-state index contributed by atoms with van der Waals surface area (Å²) in [5.41, 5.74) is 2.83. The highest BCUT2D eigenvalue weighted by molar-refractivity contribution is 6.17. The van der Waals surface area contributed by atoms with Gasteiger partial charge in [0, 0.05) is 0 Å². The van der Waals surface area contributed by atoms with E-state index in [0.29, 0.717) is 11.5 Å². The fourth-order valence-electron chi connectivity index (χ4n) is 4.58. The summed E-state index contributed by atoms with van der Waals surface area (Å²) in [4.78, 5) is 12.7. The molecule has 2 heteroatoms. The standard InChI is InChI=1S/C31H28O2/c1-4-20(2)22-9-11-24(12-10-22)31(32)33-21(3)25-14-16-28-26(19-25)15-18-29-27-8-6-5-7-23(27)13-17-30(28)29/h5-21H,4H2,1-3H3. The van der Waals surface area contributed by atoms with Crippen molar-refractivity contribution in [3.8, 4) is 0 Å². The average Bonchev–Trinajstić information content (AvgIpc) is 2.87. The third-order valence-corrected chi connectivity index (χ3v) is 6.85. The predicted octanol–water partition coefficient (Wildman–Crippen LogP) is 8.58. The summed E-state index contributed by atoms with van der Waals surface area (Å²) in [6.45, 7) is 6.30. The second-order valence-electron chi connectivity index (χ2n) is 8.91. The molecular weight excluding hydrogens is 404 g/mol. The van der Waals surface area contributed by atoms with Gasteiger partial charge in [0.05, 0.1) is 5.56 Å². The van der Waals surface area contributed by atoms with Gasteiger partial charge >= 0.3 is 5.97 Å². The topological polar surface area (TPSA) is 26.3 Å². The molecule has 0 spiro atoms. The highest BCUT2D eigenvalue weighted by Crippen LogP contribution is 2.33. The van der Waals surface area contributed by atoms with Gasteiger partial charge in [0.25, 0.3) is 0 Å². The van der Waals surface area contributed by atoms with Gasteiger partial charge in [-0.1, -0.05) is 86.6 Å². The first-order valence-corrected chi connectivity index (χ1v) is 11.7. The number of carbonyl (C=O) groups is 1. The zero-order chi connectivity index (χ0) is 22.9. The maximum absolute atomic E-state index is 12.7. The highest BCUT2D eigenvalue weighted by atomic mass is 16.5. The molecule has 0 radical (unpaired) electrons. The zero-order valence-corrected chi connectivity index (χ0v) is 19.3. The third-order valence-electron chi connectivity index (χ3n) is 6.85. The van der Waals surface area contributed by atoms with E-state index in [2.05, 4.69) is 80.6 Å². The number of hydrogen-bond acceptors (Lipinski definition) is 2. The van der Waals surface area contributed by atoms with Crippen molar-refractivity contribution in [1.29, 1.82) is 0 Å². The summed E-state index contributed by atoms with van der Waals surface area (Å²) in [7, 11) is 0. The quantitative estimate of drug-likeness (QED) is 0.205. The molecule has 0 N–H and O–H groups in total. The molecule has 33 heavy (non-hydrogen) atoms. The minimum atomic E-state index is -0.330. The summed E-state index contributed by atoms with van der Waals surface area (Å²) in [6.07, 6.45) is 0.748. The Morgan fingerprint density at radius 2 is 1.30 bits per heavy atom. The smallest absolute Gasteiger partial charge is 0.338 e. The number of ether oxygens (including phenoxy) is 1. The van der Waals surface area contributed by atoms with Gasteiger partial charge in [-0.05, 0) is 80.9 Å². The van der Waals surface area contributed by atoms with Crippen LogP contribution in [0.4, 0.5) is 0 Å². The van der Waals surface area contributed by atoms with Crippen LogP contribution in [-0.4, -0.2) is 5.97 Å². The fourth-order valence-corrected chi connectivity index (χ4v) is 4.58. The lowest BCUT2D eigenvalue weighted by molar-refractivity contribution is 0.0338. The second-order valence-corrected chi connectivity index (χ2v) is 8.91. The minimum Gasteiger partial charge on any atom is -0.454 e. The molecule has 5 aromatic rings. The Kier molecular flexibility index (Phi) is 5.60. The van der Waals surface area contributed by atoms with Crippen LogP contribution < -0.4 is 0 Å². The van der Waals surface area contributed by atoms with Gasteiger partial charge in [-0.3, -0.25) is 0 Å². The number of rotatable bonds is 5. The Balaban J connectivity index is 1.41. The number of benzene rings is 5. The fraction of sp³-hybridized carbons (Fsp3) is 0.194. The summed E-state index contributed by atoms with van der Waals surface area (Å²) in [6, 6.07) is 31.4. The largest absolute Gasteiger partial charge is 0.454 e. The zero-order valence-electron chi connectivity index (χ0n) is 19.3. The number of hydrogen-bond donors (Lipinski definition) is 0. The van der Waals surface area contributed by atoms with Crippen LogP contribution in [0.1, 0.15) is 60.7 Å². The number of fused-ring (bicyclic) bond motifs is 5. The molecule has 0 aromatic heterocycles. The Labute approximate surface area is 194 Å². The SMILES string of the molecule is CCC(C)c1ccc(C(=O)OC(C)c2ccc3c(ccc4c5ccccc5ccc34)c2)cc1. The molecular formula is C31H28O2. The van der Waals surface area contributed by atoms with Gasteiger partial charge in [0.2, 0.25) is 0 Å². The van der Waals surface area contributed by atoms with Gasteiger partial charge in [-0.2, -0.15) is 0 Å². The lowest BCUT2D eigenvalue weighted by Crippen LogP contribution is -2.09. The van der Waals surface area contributed by atoms with Gasteiger partial charge in [-0.15, -0.1) is 0 Å². The van der Waals surface area contributed by atoms with E-state index in [4.69, 9.17) is 4.74 Å². The molecule has 2 nitrogen and oxygen atoms in total. The lowest BCUT2D eigenvalue weighted by Gasteiger charge is -2.16. The maximum atomic E-state index is 12.7.